The van der Waals surface area contributed by atoms with Gasteiger partial charge in [-0.3, -0.25) is 14.4 Å². The number of carbonyl (C=O) groups excluding carboxylic acids is 3. The van der Waals surface area contributed by atoms with Crippen molar-refractivity contribution in [1.82, 2.24) is 4.90 Å². The summed E-state index contributed by atoms with van der Waals surface area (Å²) in [4.78, 5) is 40.1. The molecule has 0 spiro atoms. The van der Waals surface area contributed by atoms with Gasteiger partial charge in [0.25, 0.3) is 5.91 Å². The number of anilines is 2. The molecule has 0 aliphatic carbocycles. The van der Waals surface area contributed by atoms with E-state index in [0.717, 1.165) is 5.56 Å². The lowest BCUT2D eigenvalue weighted by Crippen LogP contribution is -2.43. The van der Waals surface area contributed by atoms with Crippen LogP contribution in [0.15, 0.2) is 55.1 Å². The number of nitrogens with one attached hydrogen (secondary N) is 1. The van der Waals surface area contributed by atoms with Crippen molar-refractivity contribution in [3.63, 3.8) is 0 Å². The van der Waals surface area contributed by atoms with Crippen LogP contribution in [0.2, 0.25) is 0 Å². The molecule has 2 aromatic carbocycles. The van der Waals surface area contributed by atoms with Gasteiger partial charge in [0.05, 0.1) is 11.4 Å². The van der Waals surface area contributed by atoms with Crippen LogP contribution in [0.3, 0.4) is 0 Å². The van der Waals surface area contributed by atoms with E-state index in [2.05, 4.69) is 11.9 Å². The van der Waals surface area contributed by atoms with E-state index < -0.39 is 0 Å². The summed E-state index contributed by atoms with van der Waals surface area (Å²) in [6.07, 6.45) is 0.111. The molecule has 130 valence electrons. The fourth-order valence-corrected chi connectivity index (χ4v) is 3.37. The van der Waals surface area contributed by atoms with E-state index in [-0.39, 0.29) is 37.2 Å². The number of hydrogen-bond acceptors (Lipinski definition) is 3. The number of amides is 3. The van der Waals surface area contributed by atoms with Crippen LogP contribution < -0.4 is 10.2 Å². The van der Waals surface area contributed by atoms with Gasteiger partial charge in [-0.1, -0.05) is 36.9 Å². The van der Waals surface area contributed by atoms with E-state index in [0.29, 0.717) is 22.6 Å². The lowest BCUT2D eigenvalue weighted by Gasteiger charge is -2.29. The minimum Gasteiger partial charge on any atom is -0.323 e. The van der Waals surface area contributed by atoms with E-state index in [9.17, 15) is 14.4 Å². The zero-order valence-electron chi connectivity index (χ0n) is 14.1. The van der Waals surface area contributed by atoms with Crippen molar-refractivity contribution in [3.05, 3.63) is 66.2 Å². The van der Waals surface area contributed by atoms with Crippen molar-refractivity contribution in [3.8, 4) is 0 Å². The van der Waals surface area contributed by atoms with Gasteiger partial charge < -0.3 is 15.1 Å². The summed E-state index contributed by atoms with van der Waals surface area (Å²) in [5.41, 5.74) is 3.30. The fraction of sp³-hybridized carbons (Fsp3) is 0.150. The molecule has 2 aromatic rings. The predicted octanol–water partition coefficient (Wildman–Crippen LogP) is 2.49. The third kappa shape index (κ3) is 2.56. The lowest BCUT2D eigenvalue weighted by atomic mass is 10.1. The van der Waals surface area contributed by atoms with Gasteiger partial charge in [0, 0.05) is 29.8 Å². The Kier molecular flexibility index (Phi) is 3.80. The molecule has 2 aliphatic heterocycles. The molecule has 2 aliphatic rings. The monoisotopic (exact) mass is 347 g/mol. The van der Waals surface area contributed by atoms with Crippen molar-refractivity contribution in [1.29, 1.82) is 0 Å². The number of fused-ring (bicyclic) bond motifs is 2. The summed E-state index contributed by atoms with van der Waals surface area (Å²) in [6, 6.07) is 14.4. The SMILES string of the molecule is C=C1c2ccccc2C(=O)N1CCC(=O)N1CC(=O)Nc2ccccc21. The van der Waals surface area contributed by atoms with Gasteiger partial charge in [-0.2, -0.15) is 0 Å². The van der Waals surface area contributed by atoms with Crippen molar-refractivity contribution in [2.75, 3.05) is 23.3 Å². The second-order valence-electron chi connectivity index (χ2n) is 6.24. The molecule has 0 fully saturated rings. The summed E-state index contributed by atoms with van der Waals surface area (Å²) in [5, 5.41) is 2.76. The van der Waals surface area contributed by atoms with Crippen molar-refractivity contribution >= 4 is 34.8 Å². The Bertz CT molecular complexity index is 916. The van der Waals surface area contributed by atoms with Gasteiger partial charge in [0.1, 0.15) is 6.54 Å². The molecule has 6 heteroatoms. The molecular weight excluding hydrogens is 330 g/mol. The fourth-order valence-electron chi connectivity index (χ4n) is 3.37. The summed E-state index contributed by atoms with van der Waals surface area (Å²) >= 11 is 0. The second kappa shape index (κ2) is 6.15. The van der Waals surface area contributed by atoms with Crippen LogP contribution in [0.4, 0.5) is 11.4 Å². The zero-order valence-corrected chi connectivity index (χ0v) is 14.1. The van der Waals surface area contributed by atoms with Crippen LogP contribution in [0, 0.1) is 0 Å². The van der Waals surface area contributed by atoms with Gasteiger partial charge in [-0.25, -0.2) is 0 Å². The Balaban J connectivity index is 1.50. The predicted molar refractivity (Wildman–Crippen MR) is 98.6 cm³/mol. The van der Waals surface area contributed by atoms with Gasteiger partial charge in [0.15, 0.2) is 0 Å². The van der Waals surface area contributed by atoms with Crippen LogP contribution in [0.5, 0.6) is 0 Å². The first-order valence-corrected chi connectivity index (χ1v) is 8.35. The second-order valence-corrected chi connectivity index (χ2v) is 6.24. The quantitative estimate of drug-likeness (QED) is 0.927. The first-order valence-electron chi connectivity index (χ1n) is 8.35. The van der Waals surface area contributed by atoms with E-state index >= 15 is 0 Å². The van der Waals surface area contributed by atoms with Gasteiger partial charge in [0.2, 0.25) is 11.8 Å². The summed E-state index contributed by atoms with van der Waals surface area (Å²) in [7, 11) is 0. The molecule has 0 aromatic heterocycles. The molecule has 0 saturated heterocycles. The van der Waals surface area contributed by atoms with Gasteiger partial charge in [-0.05, 0) is 18.2 Å². The minimum absolute atomic E-state index is 0.0229. The molecule has 0 atom stereocenters. The summed E-state index contributed by atoms with van der Waals surface area (Å²) in [6.45, 7) is 4.19. The topological polar surface area (TPSA) is 69.7 Å². The highest BCUT2D eigenvalue weighted by Gasteiger charge is 2.32. The van der Waals surface area contributed by atoms with Gasteiger partial charge >= 0.3 is 0 Å². The van der Waals surface area contributed by atoms with Crippen molar-refractivity contribution in [2.45, 2.75) is 6.42 Å². The van der Waals surface area contributed by atoms with E-state index in [4.69, 9.17) is 0 Å². The summed E-state index contributed by atoms with van der Waals surface area (Å²) < 4.78 is 0. The first kappa shape index (κ1) is 16.1. The molecule has 0 radical (unpaired) electrons. The molecule has 2 heterocycles. The molecule has 1 N–H and O–H groups in total. The number of hydrogen-bond donors (Lipinski definition) is 1. The van der Waals surface area contributed by atoms with Crippen LogP contribution in [0.25, 0.3) is 5.70 Å². The number of benzene rings is 2. The molecule has 0 bridgehead atoms. The average Bonchev–Trinajstić information content (AvgIpc) is 2.90. The van der Waals surface area contributed by atoms with E-state index in [1.807, 2.05) is 24.3 Å². The van der Waals surface area contributed by atoms with Crippen LogP contribution in [-0.2, 0) is 9.59 Å². The Morgan fingerprint density at radius 2 is 1.73 bits per heavy atom. The lowest BCUT2D eigenvalue weighted by molar-refractivity contribution is -0.122. The molecule has 3 amide bonds. The maximum Gasteiger partial charge on any atom is 0.258 e. The van der Waals surface area contributed by atoms with Crippen LogP contribution in [-0.4, -0.2) is 35.7 Å². The number of nitrogens with zero attached hydrogens (tertiary/aromatic N) is 2. The highest BCUT2D eigenvalue weighted by atomic mass is 16.2. The molecule has 0 saturated carbocycles. The number of para-hydroxylation sites is 2. The Hall–Kier alpha value is -3.41. The molecular formula is C20H17N3O3. The molecule has 4 rings (SSSR count). The molecule has 26 heavy (non-hydrogen) atoms. The number of carbonyl (C=O) groups is 3. The largest absolute Gasteiger partial charge is 0.323 e. The van der Waals surface area contributed by atoms with E-state index in [1.165, 1.54) is 9.80 Å². The highest BCUT2D eigenvalue weighted by molar-refractivity contribution is 6.11. The molecule has 6 nitrogen and oxygen atoms in total. The minimum atomic E-state index is -0.230. The molecule has 0 unspecified atom stereocenters. The Morgan fingerprint density at radius 1 is 1.04 bits per heavy atom. The third-order valence-electron chi connectivity index (χ3n) is 4.66. The average molecular weight is 347 g/mol. The standard InChI is InChI=1S/C20H17N3O3/c1-13-14-6-2-3-7-15(14)20(26)22(13)11-10-19(25)23-12-18(24)21-16-8-4-5-9-17(16)23/h2-9H,1,10-12H2,(H,21,24). The van der Waals surface area contributed by atoms with Crippen LogP contribution >= 0.6 is 0 Å². The maximum atomic E-state index is 12.7. The van der Waals surface area contributed by atoms with Crippen molar-refractivity contribution in [2.24, 2.45) is 0 Å². The third-order valence-corrected chi connectivity index (χ3v) is 4.66. The Labute approximate surface area is 150 Å². The Morgan fingerprint density at radius 3 is 2.50 bits per heavy atom. The van der Waals surface area contributed by atoms with Crippen molar-refractivity contribution < 1.29 is 14.4 Å². The maximum absolute atomic E-state index is 12.7. The van der Waals surface area contributed by atoms with Crippen LogP contribution in [0.1, 0.15) is 22.3 Å². The zero-order chi connectivity index (χ0) is 18.3. The normalized spacial score (nSPS) is 15.6. The van der Waals surface area contributed by atoms with E-state index in [1.54, 1.807) is 24.3 Å². The highest BCUT2D eigenvalue weighted by Crippen LogP contribution is 2.32. The summed E-state index contributed by atoms with van der Waals surface area (Å²) in [5.74, 6) is -0.579. The first-order chi connectivity index (χ1) is 12.6. The number of rotatable bonds is 3. The smallest absolute Gasteiger partial charge is 0.258 e. The van der Waals surface area contributed by atoms with Gasteiger partial charge in [-0.15, -0.1) is 0 Å².